The Morgan fingerprint density at radius 3 is 3.26 bits per heavy atom. The fourth-order valence-electron chi connectivity index (χ4n) is 3.46. The molecule has 2 fully saturated rings. The van der Waals surface area contributed by atoms with Gasteiger partial charge in [-0.2, -0.15) is 0 Å². The standard InChI is InChI=1S/C15H21N3O/c1-10-4-3-7-16-13(10)9-18-15(19)14-12-6-2-5-11(12)8-17-14/h3-4,7,11-12,14,17H,2,5-6,8-9H2,1H3,(H,18,19). The van der Waals surface area contributed by atoms with Crippen molar-refractivity contribution in [3.63, 3.8) is 0 Å². The molecule has 1 aromatic rings. The molecule has 1 aliphatic carbocycles. The average Bonchev–Trinajstić information content (AvgIpc) is 2.99. The number of nitrogens with zero attached hydrogens (tertiary/aromatic N) is 1. The van der Waals surface area contributed by atoms with E-state index in [1.807, 2.05) is 19.1 Å². The molecule has 0 radical (unpaired) electrons. The van der Waals surface area contributed by atoms with Crippen molar-refractivity contribution in [1.29, 1.82) is 0 Å². The van der Waals surface area contributed by atoms with Crippen molar-refractivity contribution in [3.05, 3.63) is 29.6 Å². The van der Waals surface area contributed by atoms with E-state index in [-0.39, 0.29) is 11.9 Å². The van der Waals surface area contributed by atoms with E-state index in [0.717, 1.165) is 17.8 Å². The largest absolute Gasteiger partial charge is 0.349 e. The summed E-state index contributed by atoms with van der Waals surface area (Å²) in [6.07, 6.45) is 5.52. The van der Waals surface area contributed by atoms with Gasteiger partial charge in [-0.3, -0.25) is 9.78 Å². The Bertz CT molecular complexity index is 474. The number of hydrogen-bond donors (Lipinski definition) is 2. The molecular formula is C15H21N3O. The third-order valence-electron chi connectivity index (χ3n) is 4.58. The van der Waals surface area contributed by atoms with Crippen LogP contribution in [0.4, 0.5) is 0 Å². The van der Waals surface area contributed by atoms with Crippen LogP contribution in [-0.2, 0) is 11.3 Å². The zero-order valence-corrected chi connectivity index (χ0v) is 11.4. The highest BCUT2D eigenvalue weighted by Gasteiger charge is 2.42. The Labute approximate surface area is 114 Å². The van der Waals surface area contributed by atoms with Crippen molar-refractivity contribution in [1.82, 2.24) is 15.6 Å². The Morgan fingerprint density at radius 1 is 1.53 bits per heavy atom. The van der Waals surface area contributed by atoms with Crippen LogP contribution in [0.3, 0.4) is 0 Å². The van der Waals surface area contributed by atoms with Gasteiger partial charge in [-0.05, 0) is 49.8 Å². The first-order valence-corrected chi connectivity index (χ1v) is 7.17. The summed E-state index contributed by atoms with van der Waals surface area (Å²) in [4.78, 5) is 16.6. The molecule has 3 rings (SSSR count). The van der Waals surface area contributed by atoms with Crippen LogP contribution in [0.25, 0.3) is 0 Å². The quantitative estimate of drug-likeness (QED) is 0.862. The van der Waals surface area contributed by atoms with Gasteiger partial charge in [-0.25, -0.2) is 0 Å². The Kier molecular flexibility index (Phi) is 3.51. The zero-order valence-electron chi connectivity index (χ0n) is 11.4. The van der Waals surface area contributed by atoms with Crippen molar-refractivity contribution >= 4 is 5.91 Å². The minimum absolute atomic E-state index is 0.0107. The molecule has 1 saturated carbocycles. The van der Waals surface area contributed by atoms with Gasteiger partial charge < -0.3 is 10.6 Å². The van der Waals surface area contributed by atoms with E-state index in [1.165, 1.54) is 19.3 Å². The van der Waals surface area contributed by atoms with E-state index in [0.29, 0.717) is 18.4 Å². The van der Waals surface area contributed by atoms with Gasteiger partial charge in [0.05, 0.1) is 18.3 Å². The summed E-state index contributed by atoms with van der Waals surface area (Å²) >= 11 is 0. The van der Waals surface area contributed by atoms with E-state index in [1.54, 1.807) is 6.20 Å². The second-order valence-corrected chi connectivity index (χ2v) is 5.73. The number of carbonyl (C=O) groups is 1. The molecule has 0 spiro atoms. The topological polar surface area (TPSA) is 54.0 Å². The van der Waals surface area contributed by atoms with Crippen molar-refractivity contribution < 1.29 is 4.79 Å². The summed E-state index contributed by atoms with van der Waals surface area (Å²) in [7, 11) is 0. The average molecular weight is 259 g/mol. The number of aryl methyl sites for hydroxylation is 1. The lowest BCUT2D eigenvalue weighted by molar-refractivity contribution is -0.123. The van der Waals surface area contributed by atoms with Crippen LogP contribution >= 0.6 is 0 Å². The van der Waals surface area contributed by atoms with Gasteiger partial charge in [-0.15, -0.1) is 0 Å². The maximum absolute atomic E-state index is 12.3. The lowest BCUT2D eigenvalue weighted by Gasteiger charge is -2.17. The van der Waals surface area contributed by atoms with Gasteiger partial charge >= 0.3 is 0 Å². The molecule has 2 heterocycles. The van der Waals surface area contributed by atoms with Gasteiger partial charge in [0.1, 0.15) is 0 Å². The summed E-state index contributed by atoms with van der Waals surface area (Å²) in [6.45, 7) is 3.56. The molecule has 2 aliphatic rings. The fourth-order valence-corrected chi connectivity index (χ4v) is 3.46. The Morgan fingerprint density at radius 2 is 2.42 bits per heavy atom. The highest BCUT2D eigenvalue weighted by molar-refractivity contribution is 5.82. The molecule has 1 aliphatic heterocycles. The lowest BCUT2D eigenvalue weighted by Crippen LogP contribution is -2.43. The number of rotatable bonds is 3. The van der Waals surface area contributed by atoms with Crippen LogP contribution in [0.1, 0.15) is 30.5 Å². The minimum Gasteiger partial charge on any atom is -0.349 e. The van der Waals surface area contributed by atoms with Crippen molar-refractivity contribution in [2.75, 3.05) is 6.54 Å². The van der Waals surface area contributed by atoms with E-state index in [2.05, 4.69) is 15.6 Å². The second-order valence-electron chi connectivity index (χ2n) is 5.73. The number of carbonyl (C=O) groups excluding carboxylic acids is 1. The van der Waals surface area contributed by atoms with Gasteiger partial charge in [0, 0.05) is 6.20 Å². The first-order valence-electron chi connectivity index (χ1n) is 7.17. The summed E-state index contributed by atoms with van der Waals surface area (Å²) in [5.41, 5.74) is 2.08. The minimum atomic E-state index is 0.0107. The van der Waals surface area contributed by atoms with E-state index in [9.17, 15) is 4.79 Å². The van der Waals surface area contributed by atoms with Crippen molar-refractivity contribution in [2.45, 2.75) is 38.8 Å². The summed E-state index contributed by atoms with van der Waals surface area (Å²) in [5.74, 6) is 1.40. The molecule has 3 unspecified atom stereocenters. The highest BCUT2D eigenvalue weighted by atomic mass is 16.2. The third-order valence-corrected chi connectivity index (χ3v) is 4.58. The zero-order chi connectivity index (χ0) is 13.2. The van der Waals surface area contributed by atoms with Crippen LogP contribution in [-0.4, -0.2) is 23.5 Å². The fraction of sp³-hybridized carbons (Fsp3) is 0.600. The maximum Gasteiger partial charge on any atom is 0.237 e. The third kappa shape index (κ3) is 2.50. The lowest BCUT2D eigenvalue weighted by atomic mass is 9.93. The first kappa shape index (κ1) is 12.6. The summed E-state index contributed by atoms with van der Waals surface area (Å²) in [6, 6.07) is 3.95. The summed E-state index contributed by atoms with van der Waals surface area (Å²) < 4.78 is 0. The molecule has 3 atom stereocenters. The van der Waals surface area contributed by atoms with Crippen LogP contribution in [0.5, 0.6) is 0 Å². The predicted molar refractivity (Wildman–Crippen MR) is 73.4 cm³/mol. The molecule has 19 heavy (non-hydrogen) atoms. The summed E-state index contributed by atoms with van der Waals surface area (Å²) in [5, 5.41) is 6.41. The SMILES string of the molecule is Cc1cccnc1CNC(=O)C1NCC2CCCC21. The normalized spacial score (nSPS) is 29.2. The van der Waals surface area contributed by atoms with Crippen LogP contribution in [0, 0.1) is 18.8 Å². The highest BCUT2D eigenvalue weighted by Crippen LogP contribution is 2.37. The van der Waals surface area contributed by atoms with Gasteiger partial charge in [0.25, 0.3) is 0 Å². The monoisotopic (exact) mass is 259 g/mol. The van der Waals surface area contributed by atoms with Crippen molar-refractivity contribution in [3.8, 4) is 0 Å². The number of amides is 1. The molecule has 2 N–H and O–H groups in total. The predicted octanol–water partition coefficient (Wildman–Crippen LogP) is 1.39. The van der Waals surface area contributed by atoms with E-state index < -0.39 is 0 Å². The van der Waals surface area contributed by atoms with Gasteiger partial charge in [0.2, 0.25) is 5.91 Å². The van der Waals surface area contributed by atoms with Crippen LogP contribution in [0.2, 0.25) is 0 Å². The number of pyridine rings is 1. The first-order chi connectivity index (χ1) is 9.25. The van der Waals surface area contributed by atoms with Crippen LogP contribution < -0.4 is 10.6 Å². The van der Waals surface area contributed by atoms with Crippen molar-refractivity contribution in [2.24, 2.45) is 11.8 Å². The maximum atomic E-state index is 12.3. The molecule has 102 valence electrons. The Balaban J connectivity index is 1.58. The number of fused-ring (bicyclic) bond motifs is 1. The van der Waals surface area contributed by atoms with Gasteiger partial charge in [-0.1, -0.05) is 12.5 Å². The van der Waals surface area contributed by atoms with E-state index in [4.69, 9.17) is 0 Å². The molecule has 0 aromatic carbocycles. The molecule has 4 nitrogen and oxygen atoms in total. The number of aromatic nitrogens is 1. The second kappa shape index (κ2) is 5.29. The molecule has 1 amide bonds. The molecule has 0 bridgehead atoms. The smallest absolute Gasteiger partial charge is 0.237 e. The van der Waals surface area contributed by atoms with Gasteiger partial charge in [0.15, 0.2) is 0 Å². The number of hydrogen-bond acceptors (Lipinski definition) is 3. The van der Waals surface area contributed by atoms with Crippen LogP contribution in [0.15, 0.2) is 18.3 Å². The molecule has 4 heteroatoms. The molecular weight excluding hydrogens is 238 g/mol. The number of nitrogens with one attached hydrogen (secondary N) is 2. The molecule has 1 saturated heterocycles. The molecule has 1 aromatic heterocycles. The Hall–Kier alpha value is -1.42. The van der Waals surface area contributed by atoms with E-state index >= 15 is 0 Å².